The second-order valence-electron chi connectivity index (χ2n) is 5.35. The number of carbonyl (C=O) groups excluding carboxylic acids is 1. The van der Waals surface area contributed by atoms with Gasteiger partial charge >= 0.3 is 0 Å². The van der Waals surface area contributed by atoms with Gasteiger partial charge in [0.25, 0.3) is 0 Å². The topological polar surface area (TPSA) is 29.1 Å². The molecule has 2 nitrogen and oxygen atoms in total. The summed E-state index contributed by atoms with van der Waals surface area (Å²) < 4.78 is 0. The van der Waals surface area contributed by atoms with Crippen LogP contribution in [0.2, 0.25) is 0 Å². The smallest absolute Gasteiger partial charge is 0.228 e. The minimum absolute atomic E-state index is 0.0954. The van der Waals surface area contributed by atoms with E-state index >= 15 is 0 Å². The van der Waals surface area contributed by atoms with E-state index in [2.05, 4.69) is 54.2 Å². The third-order valence-corrected chi connectivity index (χ3v) is 5.41. The number of rotatable bonds is 3. The fourth-order valence-corrected chi connectivity index (χ4v) is 2.65. The molecule has 0 aromatic heterocycles. The summed E-state index contributed by atoms with van der Waals surface area (Å²) in [5.41, 5.74) is 3.55. The van der Waals surface area contributed by atoms with Gasteiger partial charge in [-0.3, -0.25) is 4.79 Å². The van der Waals surface area contributed by atoms with Crippen molar-refractivity contribution < 1.29 is 4.79 Å². The summed E-state index contributed by atoms with van der Waals surface area (Å²) in [6, 6.07) is 6.25. The molecule has 1 heterocycles. The third kappa shape index (κ3) is 2.39. The Balaban J connectivity index is 2.30. The van der Waals surface area contributed by atoms with Crippen molar-refractivity contribution in [3.05, 3.63) is 29.3 Å². The normalized spacial score (nSPS) is 16.6. The predicted octanol–water partition coefficient (Wildman–Crippen LogP) is 4.05. The molecule has 92 valence electrons. The minimum atomic E-state index is 0.0954. The van der Waals surface area contributed by atoms with Crippen LogP contribution in [0.15, 0.2) is 18.2 Å². The van der Waals surface area contributed by atoms with Crippen LogP contribution < -0.4 is 5.32 Å². The van der Waals surface area contributed by atoms with E-state index in [9.17, 15) is 4.79 Å². The number of nitrogens with one attached hydrogen (secondary N) is 1. The number of fused-ring (bicyclic) bond motifs is 1. The lowest BCUT2D eigenvalue weighted by atomic mass is 9.83. The first-order valence-electron chi connectivity index (χ1n) is 6.01. The second-order valence-corrected chi connectivity index (χ2v) is 6.26. The quantitative estimate of drug-likeness (QED) is 0.838. The fraction of sp³-hybridized carbons (Fsp3) is 0.500. The molecule has 0 aliphatic carbocycles. The van der Waals surface area contributed by atoms with E-state index < -0.39 is 0 Å². The van der Waals surface area contributed by atoms with Crippen LogP contribution in [0.4, 0.5) is 5.69 Å². The maximum atomic E-state index is 11.3. The number of anilines is 1. The standard InChI is InChI=1S/C14H18BrNO/c1-4-14(2,3)13(15)9-5-6-11-10(7-9)8-12(17)16-11/h5-7,13H,4,8H2,1-3H3,(H,16,17). The van der Waals surface area contributed by atoms with Crippen LogP contribution in [0.1, 0.15) is 43.1 Å². The summed E-state index contributed by atoms with van der Waals surface area (Å²) in [4.78, 5) is 11.6. The highest BCUT2D eigenvalue weighted by Crippen LogP contribution is 2.43. The molecule has 17 heavy (non-hydrogen) atoms. The van der Waals surface area contributed by atoms with Gasteiger partial charge in [0.2, 0.25) is 5.91 Å². The largest absolute Gasteiger partial charge is 0.326 e. The zero-order valence-electron chi connectivity index (χ0n) is 10.5. The summed E-state index contributed by atoms with van der Waals surface area (Å²) in [5.74, 6) is 0.0954. The summed E-state index contributed by atoms with van der Waals surface area (Å²) in [5, 5.41) is 2.86. The van der Waals surface area contributed by atoms with Crippen molar-refractivity contribution >= 4 is 27.5 Å². The number of benzene rings is 1. The maximum absolute atomic E-state index is 11.3. The Morgan fingerprint density at radius 1 is 1.47 bits per heavy atom. The van der Waals surface area contributed by atoms with Crippen molar-refractivity contribution in [2.24, 2.45) is 5.41 Å². The molecule has 0 saturated heterocycles. The van der Waals surface area contributed by atoms with E-state index in [1.54, 1.807) is 0 Å². The summed E-state index contributed by atoms with van der Waals surface area (Å²) in [7, 11) is 0. The van der Waals surface area contributed by atoms with Crippen molar-refractivity contribution in [3.8, 4) is 0 Å². The molecule has 3 heteroatoms. The van der Waals surface area contributed by atoms with Gasteiger partial charge in [-0.25, -0.2) is 0 Å². The molecule has 0 saturated carbocycles. The molecular formula is C14H18BrNO. The third-order valence-electron chi connectivity index (χ3n) is 3.64. The molecule has 1 N–H and O–H groups in total. The molecule has 1 aliphatic rings. The lowest BCUT2D eigenvalue weighted by Gasteiger charge is -2.29. The first-order chi connectivity index (χ1) is 7.94. The van der Waals surface area contributed by atoms with Gasteiger partial charge in [0.1, 0.15) is 0 Å². The highest BCUT2D eigenvalue weighted by molar-refractivity contribution is 9.09. The van der Waals surface area contributed by atoms with Gasteiger partial charge in [-0.2, -0.15) is 0 Å². The molecule has 1 aromatic rings. The molecule has 1 aromatic carbocycles. The summed E-state index contributed by atoms with van der Waals surface area (Å²) in [6.45, 7) is 6.71. The van der Waals surface area contributed by atoms with Crippen LogP contribution in [0.25, 0.3) is 0 Å². The first kappa shape index (κ1) is 12.6. The van der Waals surface area contributed by atoms with Gasteiger partial charge in [0.15, 0.2) is 0 Å². The van der Waals surface area contributed by atoms with Gasteiger partial charge in [-0.15, -0.1) is 0 Å². The van der Waals surface area contributed by atoms with Crippen molar-refractivity contribution in [3.63, 3.8) is 0 Å². The van der Waals surface area contributed by atoms with Crippen LogP contribution in [0.5, 0.6) is 0 Å². The van der Waals surface area contributed by atoms with Crippen LogP contribution >= 0.6 is 15.9 Å². The fourth-order valence-electron chi connectivity index (χ4n) is 2.04. The lowest BCUT2D eigenvalue weighted by molar-refractivity contribution is -0.115. The summed E-state index contributed by atoms with van der Waals surface area (Å²) in [6.07, 6.45) is 1.62. The van der Waals surface area contributed by atoms with Crippen molar-refractivity contribution in [1.82, 2.24) is 0 Å². The molecular weight excluding hydrogens is 278 g/mol. The molecule has 2 rings (SSSR count). The van der Waals surface area contributed by atoms with Crippen molar-refractivity contribution in [2.75, 3.05) is 5.32 Å². The number of hydrogen-bond donors (Lipinski definition) is 1. The molecule has 1 amide bonds. The monoisotopic (exact) mass is 295 g/mol. The minimum Gasteiger partial charge on any atom is -0.326 e. The first-order valence-corrected chi connectivity index (χ1v) is 6.92. The number of carbonyl (C=O) groups is 1. The SMILES string of the molecule is CCC(C)(C)C(Br)c1ccc2c(c1)CC(=O)N2. The molecule has 1 aliphatic heterocycles. The lowest BCUT2D eigenvalue weighted by Crippen LogP contribution is -2.16. The van der Waals surface area contributed by atoms with Gasteiger partial charge in [-0.1, -0.05) is 48.8 Å². The zero-order chi connectivity index (χ0) is 12.6. The average Bonchev–Trinajstić information content (AvgIpc) is 2.66. The Morgan fingerprint density at radius 3 is 2.82 bits per heavy atom. The van der Waals surface area contributed by atoms with Gasteiger partial charge in [0.05, 0.1) is 6.42 Å². The number of hydrogen-bond acceptors (Lipinski definition) is 1. The molecule has 1 atom stereocenters. The maximum Gasteiger partial charge on any atom is 0.228 e. The van der Waals surface area contributed by atoms with Crippen LogP contribution in [0.3, 0.4) is 0 Å². The van der Waals surface area contributed by atoms with E-state index in [1.807, 2.05) is 6.07 Å². The van der Waals surface area contributed by atoms with Gasteiger partial charge in [-0.05, 0) is 29.0 Å². The Hall–Kier alpha value is -0.830. The second kappa shape index (κ2) is 4.45. The number of amides is 1. The Kier molecular flexibility index (Phi) is 3.30. The van der Waals surface area contributed by atoms with Crippen molar-refractivity contribution in [1.29, 1.82) is 0 Å². The van der Waals surface area contributed by atoms with E-state index in [0.717, 1.165) is 17.7 Å². The van der Waals surface area contributed by atoms with E-state index in [4.69, 9.17) is 0 Å². The summed E-state index contributed by atoms with van der Waals surface area (Å²) >= 11 is 3.79. The van der Waals surface area contributed by atoms with E-state index in [-0.39, 0.29) is 11.3 Å². The van der Waals surface area contributed by atoms with Crippen molar-refractivity contribution in [2.45, 2.75) is 38.4 Å². The number of alkyl halides is 1. The molecule has 0 radical (unpaired) electrons. The Morgan fingerprint density at radius 2 is 2.18 bits per heavy atom. The number of halogens is 1. The molecule has 0 bridgehead atoms. The Labute approximate surface area is 111 Å². The van der Waals surface area contributed by atoms with E-state index in [1.165, 1.54) is 5.56 Å². The molecule has 1 unspecified atom stereocenters. The Bertz CT molecular complexity index is 454. The predicted molar refractivity (Wildman–Crippen MR) is 74.5 cm³/mol. The van der Waals surface area contributed by atoms with Gasteiger partial charge in [0, 0.05) is 10.5 Å². The average molecular weight is 296 g/mol. The van der Waals surface area contributed by atoms with Gasteiger partial charge < -0.3 is 5.32 Å². The highest BCUT2D eigenvalue weighted by atomic mass is 79.9. The molecule has 0 spiro atoms. The molecule has 0 fully saturated rings. The van der Waals surface area contributed by atoms with Crippen LogP contribution in [-0.2, 0) is 11.2 Å². The van der Waals surface area contributed by atoms with Crippen LogP contribution in [-0.4, -0.2) is 5.91 Å². The van der Waals surface area contributed by atoms with Crippen LogP contribution in [0, 0.1) is 5.41 Å². The highest BCUT2D eigenvalue weighted by Gasteiger charge is 2.28. The van der Waals surface area contributed by atoms with E-state index in [0.29, 0.717) is 11.2 Å². The zero-order valence-corrected chi connectivity index (χ0v) is 12.1.